The fraction of sp³-hybridized carbons (Fsp3) is 0.160. The quantitative estimate of drug-likeness (QED) is 0.383. The van der Waals surface area contributed by atoms with Gasteiger partial charge in [-0.25, -0.2) is 0 Å². The second kappa shape index (κ2) is 7.76. The van der Waals surface area contributed by atoms with Gasteiger partial charge in [0.25, 0.3) is 0 Å². The van der Waals surface area contributed by atoms with Gasteiger partial charge in [0.05, 0.1) is 5.39 Å². The maximum Gasteiger partial charge on any atom is 0.235 e. The number of rotatable bonds is 4. The van der Waals surface area contributed by atoms with E-state index in [-0.39, 0.29) is 17.8 Å². The van der Waals surface area contributed by atoms with E-state index in [9.17, 15) is 4.79 Å². The standard InChI is InChI=1S/C25H21ClO3/c1-15-4-6-18(7-5-15)14-28-25-23(27)21-12-16(2)17(3)13-22(21)29-24(25)19-8-10-20(26)11-9-19/h4-13H,14H2,1-3H3. The highest BCUT2D eigenvalue weighted by atomic mass is 35.5. The fourth-order valence-electron chi connectivity index (χ4n) is 3.20. The smallest absolute Gasteiger partial charge is 0.235 e. The van der Waals surface area contributed by atoms with Crippen molar-refractivity contribution in [2.24, 2.45) is 0 Å². The molecular weight excluding hydrogens is 384 g/mol. The Morgan fingerprint density at radius 2 is 1.55 bits per heavy atom. The van der Waals surface area contributed by atoms with Gasteiger partial charge in [-0.1, -0.05) is 41.4 Å². The highest BCUT2D eigenvalue weighted by Gasteiger charge is 2.18. The molecule has 0 unspecified atom stereocenters. The Morgan fingerprint density at radius 3 is 2.24 bits per heavy atom. The molecule has 0 radical (unpaired) electrons. The normalized spacial score (nSPS) is 11.0. The van der Waals surface area contributed by atoms with Crippen molar-refractivity contribution in [1.29, 1.82) is 0 Å². The van der Waals surface area contributed by atoms with E-state index < -0.39 is 0 Å². The van der Waals surface area contributed by atoms with Crippen LogP contribution in [0.15, 0.2) is 69.9 Å². The Morgan fingerprint density at radius 1 is 0.897 bits per heavy atom. The molecule has 4 aromatic rings. The minimum Gasteiger partial charge on any atom is -0.481 e. The first-order valence-corrected chi connectivity index (χ1v) is 9.82. The lowest BCUT2D eigenvalue weighted by Crippen LogP contribution is -2.10. The molecule has 0 spiro atoms. The third-order valence-corrected chi connectivity index (χ3v) is 5.33. The number of aryl methyl sites for hydroxylation is 3. The molecule has 0 saturated heterocycles. The van der Waals surface area contributed by atoms with E-state index in [0.717, 1.165) is 22.3 Å². The second-order valence-corrected chi connectivity index (χ2v) is 7.74. The van der Waals surface area contributed by atoms with E-state index >= 15 is 0 Å². The molecule has 1 aromatic heterocycles. The molecule has 0 fully saturated rings. The van der Waals surface area contributed by atoms with E-state index in [1.54, 1.807) is 12.1 Å². The van der Waals surface area contributed by atoms with Gasteiger partial charge in [0, 0.05) is 10.6 Å². The van der Waals surface area contributed by atoms with Crippen molar-refractivity contribution in [1.82, 2.24) is 0 Å². The zero-order chi connectivity index (χ0) is 20.5. The Bertz CT molecular complexity index is 1240. The van der Waals surface area contributed by atoms with Crippen molar-refractivity contribution in [3.05, 3.63) is 98.2 Å². The molecule has 0 amide bonds. The van der Waals surface area contributed by atoms with Crippen LogP contribution in [-0.2, 0) is 6.61 Å². The number of benzene rings is 3. The summed E-state index contributed by atoms with van der Waals surface area (Å²) in [7, 11) is 0. The van der Waals surface area contributed by atoms with Crippen LogP contribution >= 0.6 is 11.6 Å². The molecule has 0 bridgehead atoms. The van der Waals surface area contributed by atoms with Crippen LogP contribution in [0.25, 0.3) is 22.3 Å². The SMILES string of the molecule is Cc1ccc(COc2c(-c3ccc(Cl)cc3)oc3cc(C)c(C)cc3c2=O)cc1. The molecule has 0 aliphatic heterocycles. The van der Waals surface area contributed by atoms with Gasteiger partial charge in [-0.05, 0) is 73.9 Å². The molecule has 0 N–H and O–H groups in total. The molecule has 29 heavy (non-hydrogen) atoms. The van der Waals surface area contributed by atoms with Crippen LogP contribution in [0.3, 0.4) is 0 Å². The Balaban J connectivity index is 1.86. The third-order valence-electron chi connectivity index (χ3n) is 5.08. The second-order valence-electron chi connectivity index (χ2n) is 7.30. The largest absolute Gasteiger partial charge is 0.481 e. The molecule has 4 heteroatoms. The van der Waals surface area contributed by atoms with Gasteiger partial charge in [-0.2, -0.15) is 0 Å². The number of hydrogen-bond donors (Lipinski definition) is 0. The summed E-state index contributed by atoms with van der Waals surface area (Å²) in [5.41, 5.74) is 5.37. The predicted molar refractivity (Wildman–Crippen MR) is 118 cm³/mol. The van der Waals surface area contributed by atoms with Gasteiger partial charge < -0.3 is 9.15 Å². The lowest BCUT2D eigenvalue weighted by Gasteiger charge is -2.13. The zero-order valence-electron chi connectivity index (χ0n) is 16.6. The Labute approximate surface area is 174 Å². The Kier molecular flexibility index (Phi) is 5.16. The minimum atomic E-state index is -0.175. The summed E-state index contributed by atoms with van der Waals surface area (Å²) in [5.74, 6) is 0.623. The van der Waals surface area contributed by atoms with Gasteiger partial charge in [-0.3, -0.25) is 4.79 Å². The highest BCUT2D eigenvalue weighted by molar-refractivity contribution is 6.30. The number of hydrogen-bond acceptors (Lipinski definition) is 3. The molecule has 0 aliphatic rings. The fourth-order valence-corrected chi connectivity index (χ4v) is 3.32. The lowest BCUT2D eigenvalue weighted by atomic mass is 10.0. The topological polar surface area (TPSA) is 39.4 Å². The van der Waals surface area contributed by atoms with E-state index in [0.29, 0.717) is 21.8 Å². The molecule has 0 saturated carbocycles. The summed E-state index contributed by atoms with van der Waals surface area (Å²) in [6.07, 6.45) is 0. The average Bonchev–Trinajstić information content (AvgIpc) is 2.71. The molecule has 3 nitrogen and oxygen atoms in total. The number of fused-ring (bicyclic) bond motifs is 1. The molecule has 0 aliphatic carbocycles. The number of ether oxygens (including phenoxy) is 1. The first-order valence-electron chi connectivity index (χ1n) is 9.45. The van der Waals surface area contributed by atoms with Crippen molar-refractivity contribution in [3.63, 3.8) is 0 Å². The van der Waals surface area contributed by atoms with Crippen molar-refractivity contribution in [2.45, 2.75) is 27.4 Å². The van der Waals surface area contributed by atoms with E-state index in [2.05, 4.69) is 0 Å². The first-order chi connectivity index (χ1) is 13.9. The van der Waals surface area contributed by atoms with Gasteiger partial charge in [-0.15, -0.1) is 0 Å². The third kappa shape index (κ3) is 3.92. The van der Waals surface area contributed by atoms with Gasteiger partial charge in [0.2, 0.25) is 11.2 Å². The lowest BCUT2D eigenvalue weighted by molar-refractivity contribution is 0.298. The summed E-state index contributed by atoms with van der Waals surface area (Å²) >= 11 is 6.03. The number of halogens is 1. The van der Waals surface area contributed by atoms with Crippen LogP contribution in [0.4, 0.5) is 0 Å². The molecular formula is C25H21ClO3. The highest BCUT2D eigenvalue weighted by Crippen LogP contribution is 2.33. The molecule has 4 rings (SSSR count). The van der Waals surface area contributed by atoms with Gasteiger partial charge in [0.1, 0.15) is 12.2 Å². The van der Waals surface area contributed by atoms with Crippen LogP contribution in [-0.4, -0.2) is 0 Å². The maximum atomic E-state index is 13.3. The monoisotopic (exact) mass is 404 g/mol. The summed E-state index contributed by atoms with van der Waals surface area (Å²) < 4.78 is 12.2. The minimum absolute atomic E-state index is 0.175. The predicted octanol–water partition coefficient (Wildman–Crippen LogP) is 6.62. The van der Waals surface area contributed by atoms with E-state index in [1.165, 1.54) is 5.56 Å². The summed E-state index contributed by atoms with van der Waals surface area (Å²) in [5, 5.41) is 1.13. The molecule has 1 heterocycles. The van der Waals surface area contributed by atoms with Crippen LogP contribution in [0.1, 0.15) is 22.3 Å². The van der Waals surface area contributed by atoms with Crippen molar-refractivity contribution in [2.75, 3.05) is 0 Å². The molecule has 146 valence electrons. The molecule has 0 atom stereocenters. The van der Waals surface area contributed by atoms with Gasteiger partial charge in [0.15, 0.2) is 5.76 Å². The van der Waals surface area contributed by atoms with Crippen LogP contribution in [0.5, 0.6) is 5.75 Å². The summed E-state index contributed by atoms with van der Waals surface area (Å²) in [6.45, 7) is 6.29. The zero-order valence-corrected chi connectivity index (χ0v) is 17.3. The molecule has 3 aromatic carbocycles. The van der Waals surface area contributed by atoms with Crippen LogP contribution < -0.4 is 10.2 Å². The van der Waals surface area contributed by atoms with Crippen LogP contribution in [0, 0.1) is 20.8 Å². The average molecular weight is 405 g/mol. The first kappa shape index (κ1) is 19.3. The Hall–Kier alpha value is -3.04. The summed E-state index contributed by atoms with van der Waals surface area (Å²) in [4.78, 5) is 13.3. The van der Waals surface area contributed by atoms with Crippen LogP contribution in [0.2, 0.25) is 5.02 Å². The maximum absolute atomic E-state index is 13.3. The van der Waals surface area contributed by atoms with Crippen molar-refractivity contribution < 1.29 is 9.15 Å². The van der Waals surface area contributed by atoms with Crippen molar-refractivity contribution in [3.8, 4) is 17.1 Å². The van der Waals surface area contributed by atoms with E-state index in [1.807, 2.05) is 69.3 Å². The summed E-state index contributed by atoms with van der Waals surface area (Å²) in [6, 6.07) is 19.0. The van der Waals surface area contributed by atoms with E-state index in [4.69, 9.17) is 20.8 Å². The van der Waals surface area contributed by atoms with Gasteiger partial charge >= 0.3 is 0 Å². The van der Waals surface area contributed by atoms with Crippen molar-refractivity contribution >= 4 is 22.6 Å².